The van der Waals surface area contributed by atoms with Crippen molar-refractivity contribution < 1.29 is 19.4 Å². The lowest BCUT2D eigenvalue weighted by Crippen LogP contribution is -2.41. The molecule has 1 aromatic carbocycles. The predicted octanol–water partition coefficient (Wildman–Crippen LogP) is 2.42. The number of alkyl halides is 1. The molecule has 1 fully saturated rings. The lowest BCUT2D eigenvalue weighted by Gasteiger charge is -2.32. The van der Waals surface area contributed by atoms with Gasteiger partial charge in [0.05, 0.1) is 25.4 Å². The fourth-order valence-corrected chi connectivity index (χ4v) is 2.61. The van der Waals surface area contributed by atoms with Crippen LogP contribution in [0.3, 0.4) is 0 Å². The maximum Gasteiger partial charge on any atom is 0.257 e. The molecule has 1 saturated heterocycles. The van der Waals surface area contributed by atoms with Crippen LogP contribution in [0.2, 0.25) is 0 Å². The van der Waals surface area contributed by atoms with Crippen LogP contribution >= 0.6 is 15.9 Å². The Morgan fingerprint density at radius 2 is 2.14 bits per heavy atom. The molecule has 116 valence electrons. The number of hydrogen-bond acceptors (Lipinski definition) is 4. The summed E-state index contributed by atoms with van der Waals surface area (Å²) >= 11 is 3.33. The summed E-state index contributed by atoms with van der Waals surface area (Å²) in [5.41, 5.74) is 0.315. The Kier molecular flexibility index (Phi) is 5.87. The number of methoxy groups -OCH3 is 1. The van der Waals surface area contributed by atoms with Crippen LogP contribution in [-0.4, -0.2) is 54.2 Å². The second-order valence-electron chi connectivity index (χ2n) is 4.93. The van der Waals surface area contributed by atoms with Gasteiger partial charge in [0.1, 0.15) is 11.5 Å². The lowest BCUT2D eigenvalue weighted by atomic mass is 10.1. The van der Waals surface area contributed by atoms with Crippen LogP contribution in [0.25, 0.3) is 0 Å². The van der Waals surface area contributed by atoms with E-state index in [0.717, 1.165) is 18.2 Å². The number of carbonyl (C=O) groups is 1. The molecule has 0 aliphatic carbocycles. The highest BCUT2D eigenvalue weighted by Crippen LogP contribution is 2.26. The molecule has 1 aromatic rings. The Morgan fingerprint density at radius 3 is 2.71 bits per heavy atom. The van der Waals surface area contributed by atoms with E-state index in [-0.39, 0.29) is 17.8 Å². The van der Waals surface area contributed by atoms with Crippen LogP contribution in [0.4, 0.5) is 0 Å². The molecule has 0 atom stereocenters. The third kappa shape index (κ3) is 4.11. The first-order valence-electron chi connectivity index (χ1n) is 6.99. The number of piperidine rings is 1. The number of benzene rings is 1. The summed E-state index contributed by atoms with van der Waals surface area (Å²) in [6.45, 7) is 1.99. The fourth-order valence-electron chi connectivity index (χ4n) is 2.43. The summed E-state index contributed by atoms with van der Waals surface area (Å²) in [5.74, 6) is 0.344. The van der Waals surface area contributed by atoms with Crippen molar-refractivity contribution in [3.63, 3.8) is 0 Å². The minimum absolute atomic E-state index is 0.0444. The first-order valence-corrected chi connectivity index (χ1v) is 8.11. The monoisotopic (exact) mass is 357 g/mol. The standard InChI is InChI=1S/C15H20BrNO4/c1-20-12-2-3-13(14(18)10-12)15(19)17-7-4-11(5-8-17)21-9-6-16/h2-3,10-11,18H,4-9H2,1H3. The van der Waals surface area contributed by atoms with Gasteiger partial charge in [-0.3, -0.25) is 4.79 Å². The highest BCUT2D eigenvalue weighted by Gasteiger charge is 2.25. The second-order valence-corrected chi connectivity index (χ2v) is 5.73. The van der Waals surface area contributed by atoms with Gasteiger partial charge in [0.15, 0.2) is 0 Å². The summed E-state index contributed by atoms with van der Waals surface area (Å²) in [5, 5.41) is 10.8. The molecule has 1 heterocycles. The van der Waals surface area contributed by atoms with Gasteiger partial charge in [-0.05, 0) is 25.0 Å². The van der Waals surface area contributed by atoms with E-state index in [1.54, 1.807) is 17.0 Å². The molecule has 0 bridgehead atoms. The van der Waals surface area contributed by atoms with E-state index < -0.39 is 0 Å². The molecule has 2 rings (SSSR count). The minimum Gasteiger partial charge on any atom is -0.507 e. The fraction of sp³-hybridized carbons (Fsp3) is 0.533. The molecular formula is C15H20BrNO4. The molecule has 0 saturated carbocycles. The van der Waals surface area contributed by atoms with Gasteiger partial charge in [-0.15, -0.1) is 0 Å². The van der Waals surface area contributed by atoms with Crippen molar-refractivity contribution in [3.05, 3.63) is 23.8 Å². The Bertz CT molecular complexity index is 487. The number of aromatic hydroxyl groups is 1. The Morgan fingerprint density at radius 1 is 1.43 bits per heavy atom. The minimum atomic E-state index is -0.144. The molecule has 0 unspecified atom stereocenters. The third-order valence-corrected chi connectivity index (χ3v) is 3.92. The summed E-state index contributed by atoms with van der Waals surface area (Å²) in [7, 11) is 1.52. The van der Waals surface area contributed by atoms with Gasteiger partial charge >= 0.3 is 0 Å². The number of carbonyl (C=O) groups excluding carboxylic acids is 1. The van der Waals surface area contributed by atoms with Crippen molar-refractivity contribution in [2.75, 3.05) is 32.1 Å². The molecule has 1 aliphatic rings. The molecule has 0 spiro atoms. The number of nitrogens with zero attached hydrogens (tertiary/aromatic N) is 1. The van der Waals surface area contributed by atoms with Crippen LogP contribution in [0.5, 0.6) is 11.5 Å². The zero-order valence-electron chi connectivity index (χ0n) is 12.0. The van der Waals surface area contributed by atoms with Crippen molar-refractivity contribution in [2.45, 2.75) is 18.9 Å². The first-order chi connectivity index (χ1) is 10.2. The van der Waals surface area contributed by atoms with Crippen molar-refractivity contribution in [2.24, 2.45) is 0 Å². The molecule has 5 nitrogen and oxygen atoms in total. The number of amides is 1. The molecule has 0 radical (unpaired) electrons. The van der Waals surface area contributed by atoms with Gasteiger partial charge in [-0.1, -0.05) is 15.9 Å². The van der Waals surface area contributed by atoms with Gasteiger partial charge in [0.2, 0.25) is 0 Å². The summed E-state index contributed by atoms with van der Waals surface area (Å²) < 4.78 is 10.7. The Hall–Kier alpha value is -1.27. The van der Waals surface area contributed by atoms with Gasteiger partial charge < -0.3 is 19.5 Å². The normalized spacial score (nSPS) is 16.0. The van der Waals surface area contributed by atoms with E-state index >= 15 is 0 Å². The largest absolute Gasteiger partial charge is 0.507 e. The highest BCUT2D eigenvalue weighted by atomic mass is 79.9. The van der Waals surface area contributed by atoms with Crippen LogP contribution in [-0.2, 0) is 4.74 Å². The topological polar surface area (TPSA) is 59.0 Å². The maximum atomic E-state index is 12.4. The van der Waals surface area contributed by atoms with Crippen LogP contribution in [0.1, 0.15) is 23.2 Å². The van der Waals surface area contributed by atoms with E-state index in [0.29, 0.717) is 31.0 Å². The molecule has 1 N–H and O–H groups in total. The van der Waals surface area contributed by atoms with Crippen LogP contribution in [0, 0.1) is 0 Å². The van der Waals surface area contributed by atoms with E-state index in [9.17, 15) is 9.90 Å². The molecular weight excluding hydrogens is 338 g/mol. The third-order valence-electron chi connectivity index (χ3n) is 3.60. The van der Waals surface area contributed by atoms with E-state index in [4.69, 9.17) is 9.47 Å². The number of ether oxygens (including phenoxy) is 2. The summed E-state index contributed by atoms with van der Waals surface area (Å²) in [6, 6.07) is 4.74. The van der Waals surface area contributed by atoms with Crippen molar-refractivity contribution in [1.82, 2.24) is 4.90 Å². The number of halogens is 1. The van der Waals surface area contributed by atoms with Gasteiger partial charge in [0.25, 0.3) is 5.91 Å². The molecule has 1 amide bonds. The quantitative estimate of drug-likeness (QED) is 0.822. The van der Waals surface area contributed by atoms with Crippen LogP contribution < -0.4 is 4.74 Å². The molecule has 21 heavy (non-hydrogen) atoms. The Balaban J connectivity index is 1.95. The maximum absolute atomic E-state index is 12.4. The lowest BCUT2D eigenvalue weighted by molar-refractivity contribution is 0.0159. The number of rotatable bonds is 5. The van der Waals surface area contributed by atoms with Crippen molar-refractivity contribution in [1.29, 1.82) is 0 Å². The van der Waals surface area contributed by atoms with Gasteiger partial charge in [0, 0.05) is 24.5 Å². The molecule has 1 aliphatic heterocycles. The number of phenolic OH excluding ortho intramolecular Hbond substituents is 1. The molecule has 0 aromatic heterocycles. The van der Waals surface area contributed by atoms with Crippen molar-refractivity contribution in [3.8, 4) is 11.5 Å². The second kappa shape index (κ2) is 7.66. The number of phenols is 1. The summed E-state index contributed by atoms with van der Waals surface area (Å²) in [6.07, 6.45) is 1.88. The van der Waals surface area contributed by atoms with Gasteiger partial charge in [-0.2, -0.15) is 0 Å². The van der Waals surface area contributed by atoms with E-state index in [1.165, 1.54) is 13.2 Å². The average molecular weight is 358 g/mol. The zero-order chi connectivity index (χ0) is 15.2. The van der Waals surface area contributed by atoms with Crippen molar-refractivity contribution >= 4 is 21.8 Å². The number of likely N-dealkylation sites (tertiary alicyclic amines) is 1. The highest BCUT2D eigenvalue weighted by molar-refractivity contribution is 9.09. The van der Waals surface area contributed by atoms with Crippen LogP contribution in [0.15, 0.2) is 18.2 Å². The van der Waals surface area contributed by atoms with E-state index in [2.05, 4.69) is 15.9 Å². The summed E-state index contributed by atoms with van der Waals surface area (Å²) in [4.78, 5) is 14.2. The smallest absolute Gasteiger partial charge is 0.257 e. The van der Waals surface area contributed by atoms with Gasteiger partial charge in [-0.25, -0.2) is 0 Å². The average Bonchev–Trinajstić information content (AvgIpc) is 2.52. The zero-order valence-corrected chi connectivity index (χ0v) is 13.6. The first kappa shape index (κ1) is 16.1. The predicted molar refractivity (Wildman–Crippen MR) is 83.3 cm³/mol. The number of hydrogen-bond donors (Lipinski definition) is 1. The van der Waals surface area contributed by atoms with E-state index in [1.807, 2.05) is 0 Å². The molecule has 6 heteroatoms. The SMILES string of the molecule is COc1ccc(C(=O)N2CCC(OCCBr)CC2)c(O)c1. The Labute approximate surface area is 133 Å².